The van der Waals surface area contributed by atoms with E-state index in [1.165, 1.54) is 0 Å². The van der Waals surface area contributed by atoms with E-state index in [2.05, 4.69) is 19.9 Å². The lowest BCUT2D eigenvalue weighted by molar-refractivity contribution is -0.185. The van der Waals surface area contributed by atoms with Gasteiger partial charge in [0.15, 0.2) is 0 Å². The van der Waals surface area contributed by atoms with Crippen LogP contribution in [0.2, 0.25) is 0 Å². The van der Waals surface area contributed by atoms with Crippen LogP contribution in [0.25, 0.3) is 0 Å². The molecule has 0 amide bonds. The summed E-state index contributed by atoms with van der Waals surface area (Å²) in [5, 5.41) is 0. The first-order chi connectivity index (χ1) is 15.1. The quantitative estimate of drug-likeness (QED) is 0.230. The molecule has 5 heteroatoms. The first-order valence-corrected chi connectivity index (χ1v) is 12.8. The monoisotopic (exact) mass is 430 g/mol. The predicted molar refractivity (Wildman–Crippen MR) is 116 cm³/mol. The summed E-state index contributed by atoms with van der Waals surface area (Å²) in [6.45, 7) is 5.95. The summed E-state index contributed by atoms with van der Waals surface area (Å²) in [5.74, 6) is 1.33. The number of carbonyl (C=O) groups is 2. The van der Waals surface area contributed by atoms with Crippen molar-refractivity contribution in [2.45, 2.75) is 77.7 Å². The average molecular weight is 431 g/mol. The molecule has 4 bridgehead atoms. The second-order valence-electron chi connectivity index (χ2n) is 10.6. The largest absolute Gasteiger partial charge is 0.465 e. The van der Waals surface area contributed by atoms with E-state index in [9.17, 15) is 9.59 Å². The van der Waals surface area contributed by atoms with Crippen molar-refractivity contribution in [1.29, 1.82) is 0 Å². The fourth-order valence-electron chi connectivity index (χ4n) is 8.20. The average Bonchev–Trinajstić information content (AvgIpc) is 3.58. The minimum Gasteiger partial charge on any atom is -0.465 e. The fraction of sp³-hybridized carbons (Fsp3) is 0.846. The summed E-state index contributed by atoms with van der Waals surface area (Å²) in [5.41, 5.74) is -1.57. The summed E-state index contributed by atoms with van der Waals surface area (Å²) < 4.78 is 17.8. The van der Waals surface area contributed by atoms with Crippen molar-refractivity contribution >= 4 is 11.9 Å². The maximum atomic E-state index is 13.9. The highest BCUT2D eigenvalue weighted by atomic mass is 16.5. The number of fused-ring (bicyclic) bond motifs is 9. The van der Waals surface area contributed by atoms with Crippen LogP contribution in [0, 0.1) is 40.4 Å². The molecule has 1 heterocycles. The Labute approximate surface area is 186 Å². The first-order valence-electron chi connectivity index (χ1n) is 12.8. The van der Waals surface area contributed by atoms with Gasteiger partial charge in [0.25, 0.3) is 0 Å². The molecule has 5 nitrogen and oxygen atoms in total. The number of carbonyl (C=O) groups excluding carboxylic acids is 2. The number of allylic oxidation sites excluding steroid dienone is 1. The fourth-order valence-corrected chi connectivity index (χ4v) is 8.20. The van der Waals surface area contributed by atoms with Crippen LogP contribution in [0.15, 0.2) is 12.2 Å². The normalized spacial score (nSPS) is 44.1. The van der Waals surface area contributed by atoms with Crippen LogP contribution < -0.4 is 0 Å². The number of unbranched alkanes of at least 4 members (excludes halogenated alkanes) is 2. The van der Waals surface area contributed by atoms with Crippen LogP contribution in [0.1, 0.15) is 71.6 Å². The Hall–Kier alpha value is -1.36. The van der Waals surface area contributed by atoms with Crippen LogP contribution in [0.3, 0.4) is 0 Å². The Kier molecular flexibility index (Phi) is 5.69. The zero-order valence-corrected chi connectivity index (χ0v) is 19.1. The lowest BCUT2D eigenvalue weighted by Crippen LogP contribution is -2.57. The second kappa shape index (κ2) is 8.20. The maximum absolute atomic E-state index is 13.9. The third-order valence-corrected chi connectivity index (χ3v) is 9.29. The third-order valence-electron chi connectivity index (χ3n) is 9.29. The van der Waals surface area contributed by atoms with Gasteiger partial charge in [-0.2, -0.15) is 0 Å². The molecule has 3 saturated carbocycles. The molecule has 4 fully saturated rings. The Balaban J connectivity index is 1.48. The second-order valence-corrected chi connectivity index (χ2v) is 10.6. The van der Waals surface area contributed by atoms with Crippen molar-refractivity contribution in [3.63, 3.8) is 0 Å². The van der Waals surface area contributed by atoms with E-state index < -0.39 is 10.8 Å². The Morgan fingerprint density at radius 2 is 1.74 bits per heavy atom. The zero-order valence-electron chi connectivity index (χ0n) is 19.1. The summed E-state index contributed by atoms with van der Waals surface area (Å²) in [4.78, 5) is 27.5. The highest BCUT2D eigenvalue weighted by molar-refractivity contribution is 5.93. The van der Waals surface area contributed by atoms with E-state index in [4.69, 9.17) is 14.2 Å². The molecule has 0 N–H and O–H groups in total. The van der Waals surface area contributed by atoms with Gasteiger partial charge in [-0.25, -0.2) is 0 Å². The molecule has 0 aromatic carbocycles. The van der Waals surface area contributed by atoms with Crippen LogP contribution in [-0.2, 0) is 23.8 Å². The topological polar surface area (TPSA) is 61.8 Å². The van der Waals surface area contributed by atoms with E-state index in [0.717, 1.165) is 64.4 Å². The molecule has 1 aliphatic heterocycles. The number of ether oxygens (including phenoxy) is 3. The van der Waals surface area contributed by atoms with Gasteiger partial charge in [-0.1, -0.05) is 38.8 Å². The molecule has 1 saturated heterocycles. The number of hydrogen-bond acceptors (Lipinski definition) is 5. The Morgan fingerprint density at radius 1 is 1.03 bits per heavy atom. The van der Waals surface area contributed by atoms with Crippen molar-refractivity contribution in [2.75, 3.05) is 19.8 Å². The lowest BCUT2D eigenvalue weighted by atomic mass is 9.52. The standard InChI is InChI=1S/C26H38O5/c1-3-5-11-30-23(27)25-10-9-17(16-25)22-20-15-18(14-19(20)21-8-7-13-29-21)26(22,25)24(28)31-12-6-4-2/h9-10,17-22H,3-8,11-16H2,1-2H3. The molecule has 4 aliphatic carbocycles. The predicted octanol–water partition coefficient (Wildman–Crippen LogP) is 4.69. The van der Waals surface area contributed by atoms with Crippen LogP contribution in [0.5, 0.6) is 0 Å². The van der Waals surface area contributed by atoms with Crippen molar-refractivity contribution in [1.82, 2.24) is 0 Å². The summed E-state index contributed by atoms with van der Waals surface area (Å²) in [6.07, 6.45) is 13.3. The molecular weight excluding hydrogens is 392 g/mol. The maximum Gasteiger partial charge on any atom is 0.317 e. The number of hydrogen-bond donors (Lipinski definition) is 0. The van der Waals surface area contributed by atoms with Gasteiger partial charge in [-0.05, 0) is 74.5 Å². The SMILES string of the molecule is CCCCOC(=O)C12C=CC(C1)C1C3CC(CC3C3CCCO3)C12C(=O)OCCCC. The van der Waals surface area contributed by atoms with E-state index >= 15 is 0 Å². The molecule has 0 aromatic heterocycles. The molecule has 172 valence electrons. The molecular formula is C26H38O5. The molecule has 0 aromatic rings. The van der Waals surface area contributed by atoms with Gasteiger partial charge in [-0.15, -0.1) is 0 Å². The molecule has 8 atom stereocenters. The first kappa shape index (κ1) is 21.5. The smallest absolute Gasteiger partial charge is 0.317 e. The molecule has 5 aliphatic rings. The van der Waals surface area contributed by atoms with Crippen molar-refractivity contribution in [3.05, 3.63) is 12.2 Å². The van der Waals surface area contributed by atoms with E-state index in [1.807, 2.05) is 6.08 Å². The van der Waals surface area contributed by atoms with Gasteiger partial charge in [-0.3, -0.25) is 9.59 Å². The summed E-state index contributed by atoms with van der Waals surface area (Å²) in [7, 11) is 0. The molecule has 0 spiro atoms. The lowest BCUT2D eigenvalue weighted by Gasteiger charge is -2.50. The number of rotatable bonds is 9. The van der Waals surface area contributed by atoms with Gasteiger partial charge in [0.2, 0.25) is 0 Å². The van der Waals surface area contributed by atoms with Crippen LogP contribution in [-0.4, -0.2) is 37.9 Å². The van der Waals surface area contributed by atoms with Gasteiger partial charge in [0, 0.05) is 6.61 Å². The molecule has 5 rings (SSSR count). The van der Waals surface area contributed by atoms with E-state index in [1.54, 1.807) is 0 Å². The molecule has 0 radical (unpaired) electrons. The highest BCUT2D eigenvalue weighted by Crippen LogP contribution is 2.79. The minimum absolute atomic E-state index is 0.122. The van der Waals surface area contributed by atoms with Crippen LogP contribution in [0.4, 0.5) is 0 Å². The Morgan fingerprint density at radius 3 is 2.42 bits per heavy atom. The third kappa shape index (κ3) is 2.91. The minimum atomic E-state index is -0.833. The number of esters is 2. The van der Waals surface area contributed by atoms with Gasteiger partial charge >= 0.3 is 11.9 Å². The van der Waals surface area contributed by atoms with Gasteiger partial charge in [0.1, 0.15) is 5.41 Å². The van der Waals surface area contributed by atoms with Gasteiger partial charge < -0.3 is 14.2 Å². The van der Waals surface area contributed by atoms with Crippen molar-refractivity contribution in [3.8, 4) is 0 Å². The van der Waals surface area contributed by atoms with E-state index in [-0.39, 0.29) is 29.7 Å². The zero-order chi connectivity index (χ0) is 21.6. The summed E-state index contributed by atoms with van der Waals surface area (Å²) in [6, 6.07) is 0. The molecule has 8 unspecified atom stereocenters. The van der Waals surface area contributed by atoms with Crippen molar-refractivity contribution < 1.29 is 23.8 Å². The highest BCUT2D eigenvalue weighted by Gasteiger charge is 2.82. The van der Waals surface area contributed by atoms with E-state index in [0.29, 0.717) is 31.2 Å². The van der Waals surface area contributed by atoms with Crippen molar-refractivity contribution in [2.24, 2.45) is 40.4 Å². The Bertz CT molecular complexity index is 740. The molecule has 31 heavy (non-hydrogen) atoms. The van der Waals surface area contributed by atoms with Gasteiger partial charge in [0.05, 0.1) is 24.7 Å². The van der Waals surface area contributed by atoms with Crippen LogP contribution >= 0.6 is 0 Å². The summed E-state index contributed by atoms with van der Waals surface area (Å²) >= 11 is 0.